The molecule has 0 saturated carbocycles. The molecule has 0 bridgehead atoms. The van der Waals surface area contributed by atoms with Crippen molar-refractivity contribution in [3.05, 3.63) is 58.9 Å². The zero-order chi connectivity index (χ0) is 31.0. The van der Waals surface area contributed by atoms with E-state index in [1.165, 1.54) is 4.80 Å². The van der Waals surface area contributed by atoms with Gasteiger partial charge in [0.2, 0.25) is 5.91 Å². The second-order valence-electron chi connectivity index (χ2n) is 8.10. The molecule has 1 aliphatic rings. The number of fused-ring (bicyclic) bond motifs is 3. The Labute approximate surface area is 245 Å². The summed E-state index contributed by atoms with van der Waals surface area (Å²) in [7, 11) is 0. The van der Waals surface area contributed by atoms with Crippen molar-refractivity contribution in [2.24, 2.45) is 0 Å². The van der Waals surface area contributed by atoms with Crippen molar-refractivity contribution in [3.8, 4) is 5.82 Å². The highest BCUT2D eigenvalue weighted by atomic mass is 35.5. The number of amides is 1. The number of rotatable bonds is 3. The molecule has 1 N–H and O–H groups in total. The SMILES string of the molecule is CC.CC.CC.CC.CC.Cc1cc2ncc3c(n2n1)C(C)(C)CC3C(=O)Nc1cnc(-n2nccn2)c(Cl)c1. The molecule has 1 amide bonds. The van der Waals surface area contributed by atoms with Gasteiger partial charge in [-0.3, -0.25) is 4.79 Å². The van der Waals surface area contributed by atoms with Gasteiger partial charge >= 0.3 is 0 Å². The van der Waals surface area contributed by atoms with Gasteiger partial charge in [0.05, 0.1) is 46.6 Å². The average molecular weight is 573 g/mol. The quantitative estimate of drug-likeness (QED) is 0.265. The molecule has 10 heteroatoms. The molecule has 4 heterocycles. The summed E-state index contributed by atoms with van der Waals surface area (Å²) in [5.41, 5.74) is 3.90. The Kier molecular flexibility index (Phi) is 16.6. The van der Waals surface area contributed by atoms with Crippen molar-refractivity contribution in [2.45, 2.75) is 108 Å². The van der Waals surface area contributed by atoms with E-state index < -0.39 is 0 Å². The number of nitrogens with one attached hydrogen (secondary N) is 1. The first-order valence-corrected chi connectivity index (χ1v) is 14.9. The second-order valence-corrected chi connectivity index (χ2v) is 8.50. The van der Waals surface area contributed by atoms with Crippen LogP contribution in [0.5, 0.6) is 0 Å². The van der Waals surface area contributed by atoms with Crippen LogP contribution in [0.3, 0.4) is 0 Å². The Balaban J connectivity index is 0.00000138. The van der Waals surface area contributed by atoms with Crippen LogP contribution < -0.4 is 5.32 Å². The smallest absolute Gasteiger partial charge is 0.232 e. The average Bonchev–Trinajstić information content (AvgIpc) is 3.71. The van der Waals surface area contributed by atoms with Crippen LogP contribution >= 0.6 is 11.6 Å². The molecule has 0 fully saturated rings. The Bertz CT molecular complexity index is 1280. The number of aromatic nitrogens is 7. The van der Waals surface area contributed by atoms with Gasteiger partial charge in [0.1, 0.15) is 0 Å². The van der Waals surface area contributed by atoms with Crippen LogP contribution in [-0.2, 0) is 10.2 Å². The Morgan fingerprint density at radius 3 is 2.05 bits per heavy atom. The van der Waals surface area contributed by atoms with E-state index in [2.05, 4.69) is 44.4 Å². The van der Waals surface area contributed by atoms with Crippen LogP contribution in [0, 0.1) is 6.92 Å². The van der Waals surface area contributed by atoms with Crippen LogP contribution in [0.25, 0.3) is 11.5 Å². The van der Waals surface area contributed by atoms with E-state index in [1.807, 2.05) is 86.7 Å². The number of pyridine rings is 1. The summed E-state index contributed by atoms with van der Waals surface area (Å²) < 4.78 is 1.86. The molecular formula is C30H49ClN8O. The number of hydrogen-bond donors (Lipinski definition) is 1. The summed E-state index contributed by atoms with van der Waals surface area (Å²) in [6.07, 6.45) is 7.08. The van der Waals surface area contributed by atoms with Crippen LogP contribution in [0.1, 0.15) is 112 Å². The zero-order valence-electron chi connectivity index (χ0n) is 26.7. The molecule has 0 radical (unpaired) electrons. The van der Waals surface area contributed by atoms with Crippen molar-refractivity contribution in [3.63, 3.8) is 0 Å². The summed E-state index contributed by atoms with van der Waals surface area (Å²) in [5, 5.41) is 15.9. The number of anilines is 1. The number of halogens is 1. The fraction of sp³-hybridized carbons (Fsp3) is 0.533. The van der Waals surface area contributed by atoms with E-state index in [1.54, 1.807) is 30.9 Å². The number of carbonyl (C=O) groups excluding carboxylic acids is 1. The van der Waals surface area contributed by atoms with E-state index >= 15 is 0 Å². The predicted octanol–water partition coefficient (Wildman–Crippen LogP) is 8.20. The molecular weight excluding hydrogens is 524 g/mol. The van der Waals surface area contributed by atoms with Gasteiger partial charge in [-0.15, -0.1) is 4.80 Å². The lowest BCUT2D eigenvalue weighted by molar-refractivity contribution is -0.117. The Morgan fingerprint density at radius 2 is 1.50 bits per heavy atom. The molecule has 1 aliphatic carbocycles. The molecule has 9 nitrogen and oxygen atoms in total. The standard InChI is InChI=1S/C20H19ClN8O.5C2H6/c1-11-6-16-22-10-14-13(8-20(2,3)17(14)28(16)27-11)19(30)26-12-7-15(21)18(23-9-12)29-24-4-5-25-29;5*1-2/h4-7,9-10,13H,8H2,1-3H3,(H,26,30);5*1-2H3. The van der Waals surface area contributed by atoms with E-state index in [9.17, 15) is 4.79 Å². The first kappa shape index (κ1) is 36.7. The summed E-state index contributed by atoms with van der Waals surface area (Å²) >= 11 is 6.32. The first-order chi connectivity index (χ1) is 19.3. The monoisotopic (exact) mass is 572 g/mol. The minimum absolute atomic E-state index is 0.130. The van der Waals surface area contributed by atoms with Gasteiger partial charge in [0.25, 0.3) is 0 Å². The molecule has 4 aromatic heterocycles. The maximum Gasteiger partial charge on any atom is 0.232 e. The van der Waals surface area contributed by atoms with Gasteiger partial charge in [-0.2, -0.15) is 15.3 Å². The van der Waals surface area contributed by atoms with Crippen molar-refractivity contribution in [2.75, 3.05) is 5.32 Å². The molecule has 222 valence electrons. The van der Waals surface area contributed by atoms with Crippen LogP contribution in [0.4, 0.5) is 5.69 Å². The lowest BCUT2D eigenvalue weighted by Gasteiger charge is -2.19. The highest BCUT2D eigenvalue weighted by Crippen LogP contribution is 2.45. The lowest BCUT2D eigenvalue weighted by atomic mass is 9.88. The fourth-order valence-corrected chi connectivity index (χ4v) is 4.39. The molecule has 1 unspecified atom stereocenters. The fourth-order valence-electron chi connectivity index (χ4n) is 4.15. The van der Waals surface area contributed by atoms with Crippen LogP contribution in [0.2, 0.25) is 5.02 Å². The predicted molar refractivity (Wildman–Crippen MR) is 168 cm³/mol. The molecule has 40 heavy (non-hydrogen) atoms. The lowest BCUT2D eigenvalue weighted by Crippen LogP contribution is -2.21. The van der Waals surface area contributed by atoms with Gasteiger partial charge in [-0.25, -0.2) is 14.5 Å². The molecule has 0 aromatic carbocycles. The topological polar surface area (TPSA) is 103 Å². The van der Waals surface area contributed by atoms with Crippen LogP contribution in [-0.4, -0.2) is 40.5 Å². The number of hydrogen-bond acceptors (Lipinski definition) is 6. The van der Waals surface area contributed by atoms with E-state index in [0.717, 1.165) is 22.6 Å². The molecule has 1 atom stereocenters. The largest absolute Gasteiger partial charge is 0.324 e. The normalized spacial score (nSPS) is 13.7. The minimum atomic E-state index is -0.345. The van der Waals surface area contributed by atoms with Gasteiger partial charge in [0.15, 0.2) is 11.5 Å². The minimum Gasteiger partial charge on any atom is -0.324 e. The molecule has 4 aromatic rings. The number of nitrogens with zero attached hydrogens (tertiary/aromatic N) is 7. The zero-order valence-corrected chi connectivity index (χ0v) is 27.4. The molecule has 0 spiro atoms. The van der Waals surface area contributed by atoms with Gasteiger partial charge in [-0.1, -0.05) is 94.7 Å². The van der Waals surface area contributed by atoms with Crippen molar-refractivity contribution in [1.29, 1.82) is 0 Å². The first-order valence-electron chi connectivity index (χ1n) is 14.5. The number of carbonyl (C=O) groups is 1. The third kappa shape index (κ3) is 8.34. The third-order valence-electron chi connectivity index (χ3n) is 5.38. The third-order valence-corrected chi connectivity index (χ3v) is 5.66. The van der Waals surface area contributed by atoms with Gasteiger partial charge in [0, 0.05) is 23.2 Å². The van der Waals surface area contributed by atoms with Gasteiger partial charge in [-0.05, 0) is 19.4 Å². The van der Waals surface area contributed by atoms with E-state index in [-0.39, 0.29) is 17.2 Å². The second kappa shape index (κ2) is 18.1. The molecule has 5 rings (SSSR count). The maximum absolute atomic E-state index is 13.2. The summed E-state index contributed by atoms with van der Waals surface area (Å²) in [5.74, 6) is -0.0787. The van der Waals surface area contributed by atoms with Crippen molar-refractivity contribution >= 4 is 28.8 Å². The van der Waals surface area contributed by atoms with Gasteiger partial charge < -0.3 is 5.32 Å². The molecule has 0 saturated heterocycles. The summed E-state index contributed by atoms with van der Waals surface area (Å²) in [6, 6.07) is 3.58. The van der Waals surface area contributed by atoms with E-state index in [0.29, 0.717) is 22.9 Å². The Hall–Kier alpha value is -3.33. The summed E-state index contributed by atoms with van der Waals surface area (Å²) in [6.45, 7) is 26.2. The highest BCUT2D eigenvalue weighted by Gasteiger charge is 2.43. The highest BCUT2D eigenvalue weighted by molar-refractivity contribution is 6.32. The molecule has 0 aliphatic heterocycles. The maximum atomic E-state index is 13.2. The van der Waals surface area contributed by atoms with Crippen LogP contribution in [0.15, 0.2) is 36.9 Å². The van der Waals surface area contributed by atoms with Crippen molar-refractivity contribution < 1.29 is 4.79 Å². The van der Waals surface area contributed by atoms with E-state index in [4.69, 9.17) is 11.6 Å². The number of aryl methyl sites for hydroxylation is 1. The van der Waals surface area contributed by atoms with Crippen molar-refractivity contribution in [1.82, 2.24) is 34.6 Å². The Morgan fingerprint density at radius 1 is 0.925 bits per heavy atom. The summed E-state index contributed by atoms with van der Waals surface area (Å²) in [4.78, 5) is 23.3.